The van der Waals surface area contributed by atoms with Crippen LogP contribution in [0, 0.1) is 11.6 Å². The predicted molar refractivity (Wildman–Crippen MR) is 124 cm³/mol. The van der Waals surface area contributed by atoms with Crippen molar-refractivity contribution in [1.82, 2.24) is 14.8 Å². The Kier molecular flexibility index (Phi) is 6.04. The predicted octanol–water partition coefficient (Wildman–Crippen LogP) is 5.64. The lowest BCUT2D eigenvalue weighted by atomic mass is 10.2. The number of hydrogen-bond donors (Lipinski definition) is 1. The number of benzene rings is 3. The Balaban J connectivity index is 1.36. The number of rotatable bonds is 7. The molecular weight excluding hydrogens is 454 g/mol. The molecule has 0 aliphatic carbocycles. The van der Waals surface area contributed by atoms with Gasteiger partial charge in [-0.1, -0.05) is 12.1 Å². The van der Waals surface area contributed by atoms with Crippen LogP contribution in [0.4, 0.5) is 14.5 Å². The van der Waals surface area contributed by atoms with Crippen LogP contribution in [0.15, 0.2) is 95.6 Å². The van der Waals surface area contributed by atoms with E-state index in [1.54, 1.807) is 53.2 Å². The van der Waals surface area contributed by atoms with Gasteiger partial charge in [-0.2, -0.15) is 4.98 Å². The Hall–Kier alpha value is -4.79. The molecule has 5 rings (SSSR count). The highest BCUT2D eigenvalue weighted by Crippen LogP contribution is 2.25. The van der Waals surface area contributed by atoms with E-state index in [9.17, 15) is 13.6 Å². The summed E-state index contributed by atoms with van der Waals surface area (Å²) in [4.78, 5) is 16.8. The molecule has 0 bridgehead atoms. The summed E-state index contributed by atoms with van der Waals surface area (Å²) in [6, 6.07) is 21.8. The molecule has 2 aromatic heterocycles. The first kappa shape index (κ1) is 22.0. The van der Waals surface area contributed by atoms with Crippen LogP contribution in [0.2, 0.25) is 0 Å². The molecule has 0 aliphatic rings. The average molecular weight is 472 g/mol. The van der Waals surface area contributed by atoms with E-state index in [-0.39, 0.29) is 24.3 Å². The number of amides is 1. The molecule has 5 aromatic rings. The number of furan rings is 1. The first-order valence-corrected chi connectivity index (χ1v) is 10.6. The molecule has 1 amide bonds. The maximum Gasteiger partial charge on any atom is 0.336 e. The largest absolute Gasteiger partial charge is 0.461 e. The van der Waals surface area contributed by atoms with Crippen LogP contribution in [0.5, 0.6) is 6.01 Å². The number of ether oxygens (including phenoxy) is 1. The zero-order chi connectivity index (χ0) is 24.2. The second-order valence-corrected chi connectivity index (χ2v) is 7.53. The van der Waals surface area contributed by atoms with Crippen LogP contribution in [0.25, 0.3) is 17.3 Å². The van der Waals surface area contributed by atoms with Gasteiger partial charge in [-0.05, 0) is 78.4 Å². The molecule has 7 nitrogen and oxygen atoms in total. The van der Waals surface area contributed by atoms with Crippen LogP contribution in [-0.2, 0) is 6.61 Å². The minimum absolute atomic E-state index is 0.120. The lowest BCUT2D eigenvalue weighted by Gasteiger charge is -2.08. The summed E-state index contributed by atoms with van der Waals surface area (Å²) in [6.07, 6.45) is 1.53. The van der Waals surface area contributed by atoms with Crippen molar-refractivity contribution in [2.45, 2.75) is 6.61 Å². The zero-order valence-electron chi connectivity index (χ0n) is 18.2. The standard InChI is InChI=1S/C26H18F2N4O3/c27-19-7-3-17(4-8-19)16-35-26-30-24(23-2-1-15-34-23)32(31-26)22-13-11-21(12-14-22)29-25(33)18-5-9-20(28)10-6-18/h1-15H,16H2,(H,29,33). The Labute approximate surface area is 198 Å². The van der Waals surface area contributed by atoms with Crippen molar-refractivity contribution < 1.29 is 22.7 Å². The summed E-state index contributed by atoms with van der Waals surface area (Å²) in [5.41, 5.74) is 2.31. The van der Waals surface area contributed by atoms with Crippen LogP contribution in [0.3, 0.4) is 0 Å². The van der Waals surface area contributed by atoms with E-state index in [1.807, 2.05) is 0 Å². The van der Waals surface area contributed by atoms with Crippen LogP contribution in [0.1, 0.15) is 15.9 Å². The van der Waals surface area contributed by atoms with Crippen molar-refractivity contribution in [2.24, 2.45) is 0 Å². The molecule has 0 spiro atoms. The lowest BCUT2D eigenvalue weighted by molar-refractivity contribution is 0.102. The van der Waals surface area contributed by atoms with Crippen molar-refractivity contribution in [1.29, 1.82) is 0 Å². The first-order valence-electron chi connectivity index (χ1n) is 10.6. The van der Waals surface area contributed by atoms with Crippen LogP contribution >= 0.6 is 0 Å². The van der Waals surface area contributed by atoms with Crippen LogP contribution < -0.4 is 10.1 Å². The van der Waals surface area contributed by atoms with E-state index in [1.165, 1.54) is 42.7 Å². The second-order valence-electron chi connectivity index (χ2n) is 7.53. The maximum absolute atomic E-state index is 13.1. The molecule has 0 saturated heterocycles. The van der Waals surface area contributed by atoms with Crippen molar-refractivity contribution in [3.8, 4) is 23.3 Å². The van der Waals surface area contributed by atoms with Gasteiger partial charge >= 0.3 is 6.01 Å². The molecule has 0 radical (unpaired) electrons. The molecule has 0 unspecified atom stereocenters. The van der Waals surface area contributed by atoms with E-state index in [0.717, 1.165) is 5.56 Å². The minimum Gasteiger partial charge on any atom is -0.461 e. The van der Waals surface area contributed by atoms with Crippen molar-refractivity contribution in [2.75, 3.05) is 5.32 Å². The third-order valence-corrected chi connectivity index (χ3v) is 5.09. The van der Waals surface area contributed by atoms with Gasteiger partial charge in [-0.25, -0.2) is 13.5 Å². The van der Waals surface area contributed by atoms with E-state index in [2.05, 4.69) is 15.4 Å². The number of hydrogen-bond acceptors (Lipinski definition) is 5. The number of carbonyl (C=O) groups excluding carboxylic acids is 1. The molecule has 0 saturated carbocycles. The molecule has 3 aromatic carbocycles. The van der Waals surface area contributed by atoms with Gasteiger partial charge in [0.2, 0.25) is 5.82 Å². The fourth-order valence-electron chi connectivity index (χ4n) is 3.32. The van der Waals surface area contributed by atoms with Gasteiger partial charge in [0, 0.05) is 11.3 Å². The quantitative estimate of drug-likeness (QED) is 0.332. The molecule has 0 fully saturated rings. The molecule has 0 atom stereocenters. The summed E-state index contributed by atoms with van der Waals surface area (Å²) in [7, 11) is 0. The van der Waals surface area contributed by atoms with Crippen molar-refractivity contribution >= 4 is 11.6 Å². The van der Waals surface area contributed by atoms with E-state index in [4.69, 9.17) is 9.15 Å². The van der Waals surface area contributed by atoms with Gasteiger partial charge < -0.3 is 14.5 Å². The topological polar surface area (TPSA) is 82.2 Å². The molecule has 9 heteroatoms. The third kappa shape index (κ3) is 5.09. The molecule has 0 aliphatic heterocycles. The Morgan fingerprint density at radius 2 is 1.60 bits per heavy atom. The highest BCUT2D eigenvalue weighted by atomic mass is 19.1. The smallest absolute Gasteiger partial charge is 0.336 e. The third-order valence-electron chi connectivity index (χ3n) is 5.09. The van der Waals surface area contributed by atoms with Gasteiger partial charge in [-0.15, -0.1) is 5.10 Å². The molecule has 1 N–H and O–H groups in total. The van der Waals surface area contributed by atoms with Crippen molar-refractivity contribution in [3.63, 3.8) is 0 Å². The minimum atomic E-state index is -0.410. The second kappa shape index (κ2) is 9.60. The fourth-order valence-corrected chi connectivity index (χ4v) is 3.32. The summed E-state index contributed by atoms with van der Waals surface area (Å²) in [5.74, 6) is -0.179. The van der Waals surface area contributed by atoms with E-state index >= 15 is 0 Å². The van der Waals surface area contributed by atoms with Gasteiger partial charge in [-0.3, -0.25) is 4.79 Å². The van der Waals surface area contributed by atoms with Crippen molar-refractivity contribution in [3.05, 3.63) is 114 Å². The first-order chi connectivity index (χ1) is 17.0. The van der Waals surface area contributed by atoms with Gasteiger partial charge in [0.15, 0.2) is 5.76 Å². The highest BCUT2D eigenvalue weighted by Gasteiger charge is 2.17. The number of carbonyl (C=O) groups is 1. The molecule has 2 heterocycles. The number of nitrogens with one attached hydrogen (secondary N) is 1. The van der Waals surface area contributed by atoms with Gasteiger partial charge in [0.05, 0.1) is 12.0 Å². The highest BCUT2D eigenvalue weighted by molar-refractivity contribution is 6.04. The van der Waals surface area contributed by atoms with E-state index in [0.29, 0.717) is 28.5 Å². The molecular formula is C26H18F2N4O3. The normalized spacial score (nSPS) is 10.8. The van der Waals surface area contributed by atoms with Gasteiger partial charge in [0.25, 0.3) is 5.91 Å². The molecule has 174 valence electrons. The number of aromatic nitrogens is 3. The average Bonchev–Trinajstić information content (AvgIpc) is 3.55. The monoisotopic (exact) mass is 472 g/mol. The fraction of sp³-hybridized carbons (Fsp3) is 0.0385. The lowest BCUT2D eigenvalue weighted by Crippen LogP contribution is -2.11. The Bertz CT molecular complexity index is 1430. The number of halogens is 2. The van der Waals surface area contributed by atoms with E-state index < -0.39 is 5.82 Å². The SMILES string of the molecule is O=C(Nc1ccc(-n2nc(OCc3ccc(F)cc3)nc2-c2ccco2)cc1)c1ccc(F)cc1. The summed E-state index contributed by atoms with van der Waals surface area (Å²) >= 11 is 0. The summed E-state index contributed by atoms with van der Waals surface area (Å²) in [5, 5.41) is 7.21. The Morgan fingerprint density at radius 1 is 0.914 bits per heavy atom. The number of nitrogens with zero attached hydrogens (tertiary/aromatic N) is 3. The number of anilines is 1. The summed E-state index contributed by atoms with van der Waals surface area (Å²) in [6.45, 7) is 0.163. The summed E-state index contributed by atoms with van der Waals surface area (Å²) < 4.78 is 39.0. The maximum atomic E-state index is 13.1. The van der Waals surface area contributed by atoms with Gasteiger partial charge in [0.1, 0.15) is 18.2 Å². The Morgan fingerprint density at radius 3 is 2.26 bits per heavy atom. The zero-order valence-corrected chi connectivity index (χ0v) is 18.2. The van der Waals surface area contributed by atoms with Crippen LogP contribution in [-0.4, -0.2) is 20.7 Å². The molecule has 35 heavy (non-hydrogen) atoms.